The molecule has 4 amide bonds. The first-order valence-electron chi connectivity index (χ1n) is 22.6. The summed E-state index contributed by atoms with van der Waals surface area (Å²) in [5, 5.41) is 20.5. The number of hydrogen-bond donors (Lipinski definition) is 7. The first-order valence-corrected chi connectivity index (χ1v) is 25.1. The van der Waals surface area contributed by atoms with Crippen LogP contribution in [0.15, 0.2) is 45.7 Å². The van der Waals surface area contributed by atoms with Gasteiger partial charge in [-0.05, 0) is 105 Å². The smallest absolute Gasteiger partial charge is 0.354 e. The van der Waals surface area contributed by atoms with Crippen LogP contribution in [-0.2, 0) is 0 Å². The monoisotopic (exact) mass is 1220 g/mol. The maximum atomic E-state index is 11.8. The summed E-state index contributed by atoms with van der Waals surface area (Å²) in [5.41, 5.74) is 10.3. The van der Waals surface area contributed by atoms with Gasteiger partial charge >= 0.3 is 5.97 Å². The van der Waals surface area contributed by atoms with Crippen LogP contribution < -0.4 is 33.7 Å². The highest BCUT2D eigenvalue weighted by Crippen LogP contribution is 2.13. The van der Waals surface area contributed by atoms with E-state index in [1.165, 1.54) is 49.2 Å². The zero-order valence-electron chi connectivity index (χ0n) is 47.6. The van der Waals surface area contributed by atoms with Gasteiger partial charge in [0.1, 0.15) is 28.6 Å². The molecule has 6 rings (SSSR count). The molecular formula is C52H99N23O7S2. The Labute approximate surface area is 506 Å². The highest BCUT2D eigenvalue weighted by atomic mass is 32.2. The third kappa shape index (κ3) is 32.6. The van der Waals surface area contributed by atoms with Crippen molar-refractivity contribution in [3.05, 3.63) is 93.1 Å². The quantitative estimate of drug-likeness (QED) is 0.0305. The Morgan fingerprint density at radius 3 is 1.20 bits per heavy atom. The first-order chi connectivity index (χ1) is 36.2. The van der Waals surface area contributed by atoms with Crippen LogP contribution in [0.3, 0.4) is 0 Å². The summed E-state index contributed by atoms with van der Waals surface area (Å²) in [4.78, 5) is 104. The number of aromatic carboxylic acids is 1. The normalized spacial score (nSPS) is 9.02. The fraction of sp³-hybridized carbons (Fsp3) is 0.481. The van der Waals surface area contributed by atoms with E-state index in [1.807, 2.05) is 34.2 Å². The van der Waals surface area contributed by atoms with Crippen LogP contribution in [0.25, 0.3) is 5.78 Å². The number of anilines is 2. The van der Waals surface area contributed by atoms with Crippen molar-refractivity contribution in [3.8, 4) is 0 Å². The van der Waals surface area contributed by atoms with Crippen LogP contribution in [0.1, 0.15) is 138 Å². The SMILES string of the molecule is C.C.C.C.C.C.C/C=N/Nc1nc(C)cc(C(=O)N(C)C)n1.CNC.CSc1nc(C)cc(C(=O)N(C)C)n1.CSc1nc(C)cc(C(=O)O)n1.Cc1cc(C(=O)N(C)C)nc(NN)n1.Cc1nc2nc(C(=O)N(C)C)cc(C)n2n1.NN.O. The maximum absolute atomic E-state index is 11.8. The number of aromatic nitrogens is 12. The number of carbonyl (C=O) groups excluding carboxylic acids is 4. The van der Waals surface area contributed by atoms with Crippen LogP contribution in [0.4, 0.5) is 11.9 Å². The van der Waals surface area contributed by atoms with E-state index in [4.69, 9.17) is 10.9 Å². The Bertz CT molecular complexity index is 2840. The molecule has 0 saturated heterocycles. The lowest BCUT2D eigenvalue weighted by Gasteiger charge is -2.10. The Balaban J connectivity index is -0.000000138. The van der Waals surface area contributed by atoms with Crippen LogP contribution in [0, 0.1) is 41.5 Å². The Hall–Kier alpha value is -8.01. The van der Waals surface area contributed by atoms with Gasteiger partial charge in [-0.3, -0.25) is 36.3 Å². The van der Waals surface area contributed by atoms with Crippen molar-refractivity contribution in [3.63, 3.8) is 0 Å². The van der Waals surface area contributed by atoms with Crippen molar-refractivity contribution in [2.75, 3.05) is 93.8 Å². The van der Waals surface area contributed by atoms with Crippen molar-refractivity contribution in [1.82, 2.24) is 84.4 Å². The Morgan fingerprint density at radius 2 is 0.857 bits per heavy atom. The average Bonchev–Trinajstić information content (AvgIpc) is 3.78. The summed E-state index contributed by atoms with van der Waals surface area (Å²) in [7, 11) is 17.2. The number of carbonyl (C=O) groups is 5. The molecule has 32 heteroatoms. The Morgan fingerprint density at radius 1 is 0.536 bits per heavy atom. The van der Waals surface area contributed by atoms with Crippen molar-refractivity contribution in [2.24, 2.45) is 22.6 Å². The molecule has 84 heavy (non-hydrogen) atoms. The highest BCUT2D eigenvalue weighted by Gasteiger charge is 2.16. The number of aryl methyl sites for hydroxylation is 6. The molecule has 0 saturated carbocycles. The van der Waals surface area contributed by atoms with Crippen LogP contribution in [-0.4, -0.2) is 208 Å². The number of amides is 4. The number of thioether (sulfide) groups is 2. The van der Waals surface area contributed by atoms with Gasteiger partial charge in [0, 0.05) is 91.1 Å². The number of hydrazone groups is 1. The van der Waals surface area contributed by atoms with Crippen LogP contribution in [0.5, 0.6) is 0 Å². The van der Waals surface area contributed by atoms with E-state index in [-0.39, 0.29) is 85.3 Å². The molecule has 30 nitrogen and oxygen atoms in total. The number of hydrazine groups is 2. The number of nitrogens with one attached hydrogen (secondary N) is 3. The minimum absolute atomic E-state index is 0. The summed E-state index contributed by atoms with van der Waals surface area (Å²) in [5.74, 6) is 13.3. The van der Waals surface area contributed by atoms with Gasteiger partial charge in [-0.1, -0.05) is 68.1 Å². The third-order valence-corrected chi connectivity index (χ3v) is 9.58. The minimum atomic E-state index is -1.02. The molecule has 476 valence electrons. The molecule has 0 aliphatic carbocycles. The standard InChI is InChI=1S/C10H13N5O.C10H15N5O.C9H13N3OS.C8H13N5O.C7H8N2O2S.C2H7N.6CH4.H4N2.H2O/c1-6-5-8(9(16)14(3)4)12-10-11-7(2)13-15(6)10;1-5-11-14-10-12-7(2)6-8(13-10)9(16)15(3)4;1-6-5-7(8(13)12(2)3)11-9(10-6)14-4;1-5-4-6(7(14)13(2)3)11-8(10-5)12-9;1-4-3-5(6(10)11)9-7(8-4)12-2;1-3-2;;;;;;;1-2;/h5H,1-4H3;5-6H,1-4H3,(H,12,13,14);5H,1-4H3;4H,9H2,1-3H3,(H,10,11,12);3H,1-2H3,(H,10,11);3H,1-2H3;6*1H4;1-2H2;1H2/b;11-5+;;;;;;;;;;;;. The van der Waals surface area contributed by atoms with Gasteiger partial charge in [-0.25, -0.2) is 65.4 Å². The third-order valence-electron chi connectivity index (χ3n) is 8.48. The molecule has 0 aliphatic rings. The number of carboxylic acid groups (broad SMARTS) is 1. The highest BCUT2D eigenvalue weighted by molar-refractivity contribution is 7.98. The lowest BCUT2D eigenvalue weighted by molar-refractivity contribution is 0.0687. The van der Waals surface area contributed by atoms with Crippen molar-refractivity contribution < 1.29 is 34.6 Å². The second-order valence-electron chi connectivity index (χ2n) is 16.1. The number of nitrogen functional groups attached to an aromatic ring is 1. The fourth-order valence-corrected chi connectivity index (χ4v) is 6.07. The van der Waals surface area contributed by atoms with Gasteiger partial charge < -0.3 is 35.5 Å². The molecule has 0 bridgehead atoms. The minimum Gasteiger partial charge on any atom is -0.477 e. The van der Waals surface area contributed by atoms with E-state index >= 15 is 0 Å². The summed E-state index contributed by atoms with van der Waals surface area (Å²) in [6.07, 6.45) is 5.28. The second-order valence-corrected chi connectivity index (χ2v) is 17.6. The van der Waals surface area contributed by atoms with Gasteiger partial charge in [0.2, 0.25) is 11.9 Å². The molecule has 6 aromatic rings. The zero-order valence-corrected chi connectivity index (χ0v) is 49.2. The van der Waals surface area contributed by atoms with Crippen molar-refractivity contribution in [2.45, 2.75) is 103 Å². The molecule has 0 aliphatic heterocycles. The summed E-state index contributed by atoms with van der Waals surface area (Å²) in [6, 6.07) is 8.11. The number of fused-ring (bicyclic) bond motifs is 1. The maximum Gasteiger partial charge on any atom is 0.354 e. The molecule has 0 aromatic carbocycles. The number of carboxylic acids is 1. The molecule has 0 unspecified atom stereocenters. The number of nitrogens with two attached hydrogens (primary N) is 3. The van der Waals surface area contributed by atoms with E-state index in [9.17, 15) is 24.0 Å². The lowest BCUT2D eigenvalue weighted by atomic mass is 10.3. The largest absolute Gasteiger partial charge is 0.477 e. The van der Waals surface area contributed by atoms with Gasteiger partial charge in [0.25, 0.3) is 29.4 Å². The Kier molecular flexibility index (Phi) is 52.2. The van der Waals surface area contributed by atoms with Crippen molar-refractivity contribution >= 4 is 77.0 Å². The molecule has 6 heterocycles. The average molecular weight is 1220 g/mol. The topological polar surface area (TPSA) is 423 Å². The predicted molar refractivity (Wildman–Crippen MR) is 343 cm³/mol. The van der Waals surface area contributed by atoms with Gasteiger partial charge in [0.15, 0.2) is 16.0 Å². The summed E-state index contributed by atoms with van der Waals surface area (Å²) in [6.45, 7) is 12.6. The van der Waals surface area contributed by atoms with Crippen LogP contribution in [0.2, 0.25) is 0 Å². The molecule has 0 spiro atoms. The second kappa shape index (κ2) is 47.5. The van der Waals surface area contributed by atoms with E-state index in [0.29, 0.717) is 67.7 Å². The lowest BCUT2D eigenvalue weighted by Crippen LogP contribution is -2.24. The van der Waals surface area contributed by atoms with E-state index in [1.54, 1.807) is 132 Å². The van der Waals surface area contributed by atoms with Gasteiger partial charge in [0.05, 0.1) is 0 Å². The molecule has 0 fully saturated rings. The van der Waals surface area contributed by atoms with Crippen LogP contribution >= 0.6 is 23.5 Å². The molecular weight excluding hydrogens is 1120 g/mol. The van der Waals surface area contributed by atoms with E-state index in [0.717, 1.165) is 11.4 Å². The molecule has 0 atom stereocenters. The summed E-state index contributed by atoms with van der Waals surface area (Å²) >= 11 is 2.76. The zero-order chi connectivity index (χ0) is 59.3. The van der Waals surface area contributed by atoms with E-state index < -0.39 is 5.97 Å². The molecule has 6 aromatic heterocycles. The van der Waals surface area contributed by atoms with Crippen molar-refractivity contribution in [1.29, 1.82) is 0 Å². The molecule has 12 N–H and O–H groups in total. The summed E-state index contributed by atoms with van der Waals surface area (Å²) < 4.78 is 1.63. The predicted octanol–water partition coefficient (Wildman–Crippen LogP) is 5.18. The fourth-order valence-electron chi connectivity index (χ4n) is 5.22. The number of rotatable bonds is 10. The molecule has 0 radical (unpaired) electrons. The number of hydrogen-bond acceptors (Lipinski definition) is 25. The van der Waals surface area contributed by atoms with Gasteiger partial charge in [-0.15, -0.1) is 0 Å². The number of nitrogens with zero attached hydrogens (tertiary/aromatic N) is 17. The van der Waals surface area contributed by atoms with E-state index in [2.05, 4.69) is 87.9 Å². The van der Waals surface area contributed by atoms with Gasteiger partial charge in [-0.2, -0.15) is 15.2 Å². The first kappa shape index (κ1) is 92.4.